The van der Waals surface area contributed by atoms with Gasteiger partial charge in [0.05, 0.1) is 6.61 Å². The predicted molar refractivity (Wildman–Crippen MR) is 72.9 cm³/mol. The number of aromatic amines is 2. The lowest BCUT2D eigenvalue weighted by atomic mass is 10.2. The first-order valence-electron chi connectivity index (χ1n) is 5.66. The molecule has 0 saturated carbocycles. The first-order valence-corrected chi connectivity index (χ1v) is 6.65. The van der Waals surface area contributed by atoms with Gasteiger partial charge in [-0.15, -0.1) is 0 Å². The number of hydrogen-bond donors (Lipinski definition) is 2. The van der Waals surface area contributed by atoms with Crippen LogP contribution in [0.4, 0.5) is 0 Å². The summed E-state index contributed by atoms with van der Waals surface area (Å²) in [7, 11) is 0. The molecule has 6 nitrogen and oxygen atoms in total. The molecule has 2 rings (SSSR count). The van der Waals surface area contributed by atoms with Crippen LogP contribution in [0.2, 0.25) is 0 Å². The number of aryl methyl sites for hydroxylation is 1. The Hall–Kier alpha value is -2.02. The van der Waals surface area contributed by atoms with Gasteiger partial charge in [-0.3, -0.25) is 9.78 Å². The largest absolute Gasteiger partial charge is 0.493 e. The maximum absolute atomic E-state index is 11.3. The minimum atomic E-state index is -0.606. The number of hydrogen-bond acceptors (Lipinski definition) is 5. The Kier molecular flexibility index (Phi) is 4.40. The van der Waals surface area contributed by atoms with Crippen LogP contribution < -0.4 is 16.0 Å². The fourth-order valence-electron chi connectivity index (χ4n) is 1.37. The summed E-state index contributed by atoms with van der Waals surface area (Å²) in [5, 5.41) is 6.07. The van der Waals surface area contributed by atoms with Gasteiger partial charge in [0, 0.05) is 5.75 Å². The van der Waals surface area contributed by atoms with Gasteiger partial charge in [-0.25, -0.2) is 9.89 Å². The van der Waals surface area contributed by atoms with Gasteiger partial charge in [-0.2, -0.15) is 5.10 Å². The van der Waals surface area contributed by atoms with E-state index in [0.717, 1.165) is 5.75 Å². The van der Waals surface area contributed by atoms with Gasteiger partial charge in [-0.05, 0) is 19.1 Å². The zero-order chi connectivity index (χ0) is 13.7. The first kappa shape index (κ1) is 13.4. The van der Waals surface area contributed by atoms with Crippen LogP contribution >= 0.6 is 11.8 Å². The fraction of sp³-hybridized carbons (Fsp3) is 0.250. The number of aromatic nitrogens is 3. The fourth-order valence-corrected chi connectivity index (χ4v) is 2.02. The van der Waals surface area contributed by atoms with Crippen LogP contribution in [0.1, 0.15) is 5.56 Å². The van der Waals surface area contributed by atoms with E-state index in [1.165, 1.54) is 17.3 Å². The Balaban J connectivity index is 1.82. The second-order valence-electron chi connectivity index (χ2n) is 3.82. The van der Waals surface area contributed by atoms with Crippen molar-refractivity contribution in [1.82, 2.24) is 15.2 Å². The van der Waals surface area contributed by atoms with Gasteiger partial charge >= 0.3 is 5.69 Å². The van der Waals surface area contributed by atoms with E-state index in [2.05, 4.69) is 15.2 Å². The van der Waals surface area contributed by atoms with Crippen molar-refractivity contribution in [2.24, 2.45) is 0 Å². The van der Waals surface area contributed by atoms with Crippen LogP contribution in [0.3, 0.4) is 0 Å². The molecule has 0 unspecified atom stereocenters. The SMILES string of the molecule is Cc1ccc(OCCSc2n[nH]c(=O)[nH]c2=O)cc1. The van der Waals surface area contributed by atoms with E-state index in [-0.39, 0.29) is 5.03 Å². The number of rotatable bonds is 5. The molecular weight excluding hydrogens is 266 g/mol. The Morgan fingerprint density at radius 3 is 2.68 bits per heavy atom. The second kappa shape index (κ2) is 6.24. The van der Waals surface area contributed by atoms with Crippen molar-refractivity contribution in [3.8, 4) is 5.75 Å². The molecule has 1 heterocycles. The smallest absolute Gasteiger partial charge is 0.342 e. The van der Waals surface area contributed by atoms with Crippen molar-refractivity contribution in [2.45, 2.75) is 11.9 Å². The molecule has 0 amide bonds. The first-order chi connectivity index (χ1) is 9.15. The standard InChI is InChI=1S/C12H13N3O3S/c1-8-2-4-9(5-3-8)18-6-7-19-11-10(16)13-12(17)15-14-11/h2-5H,6-7H2,1H3,(H2,13,15,16,17). The third-order valence-electron chi connectivity index (χ3n) is 2.29. The number of benzene rings is 1. The van der Waals surface area contributed by atoms with Gasteiger partial charge < -0.3 is 4.74 Å². The van der Waals surface area contributed by atoms with E-state index in [1.54, 1.807) is 0 Å². The summed E-state index contributed by atoms with van der Waals surface area (Å²) in [4.78, 5) is 24.2. The molecule has 0 spiro atoms. The van der Waals surface area contributed by atoms with Gasteiger partial charge in [0.2, 0.25) is 0 Å². The average molecular weight is 279 g/mol. The van der Waals surface area contributed by atoms with E-state index in [0.29, 0.717) is 12.4 Å². The summed E-state index contributed by atoms with van der Waals surface area (Å²) in [6.45, 7) is 2.46. The summed E-state index contributed by atoms with van der Waals surface area (Å²) in [5.74, 6) is 1.35. The highest BCUT2D eigenvalue weighted by Gasteiger charge is 2.03. The maximum Gasteiger partial charge on any atom is 0.342 e. The molecule has 1 aromatic heterocycles. The van der Waals surface area contributed by atoms with Crippen LogP contribution in [0.25, 0.3) is 0 Å². The van der Waals surface area contributed by atoms with Crippen molar-refractivity contribution in [3.05, 3.63) is 50.7 Å². The van der Waals surface area contributed by atoms with Crippen LogP contribution in [0, 0.1) is 6.92 Å². The van der Waals surface area contributed by atoms with Gasteiger partial charge in [0.1, 0.15) is 5.75 Å². The highest BCUT2D eigenvalue weighted by atomic mass is 32.2. The molecule has 19 heavy (non-hydrogen) atoms. The molecule has 0 radical (unpaired) electrons. The molecule has 2 N–H and O–H groups in total. The highest BCUT2D eigenvalue weighted by Crippen LogP contribution is 2.13. The van der Waals surface area contributed by atoms with E-state index in [1.807, 2.05) is 31.2 Å². The normalized spacial score (nSPS) is 10.4. The Morgan fingerprint density at radius 1 is 1.26 bits per heavy atom. The molecule has 7 heteroatoms. The molecule has 0 bridgehead atoms. The minimum Gasteiger partial charge on any atom is -0.493 e. The zero-order valence-electron chi connectivity index (χ0n) is 10.3. The molecular formula is C12H13N3O3S. The molecule has 100 valence electrons. The topological polar surface area (TPSA) is 87.8 Å². The zero-order valence-corrected chi connectivity index (χ0v) is 11.1. The van der Waals surface area contributed by atoms with E-state index in [4.69, 9.17) is 4.74 Å². The quantitative estimate of drug-likeness (QED) is 0.628. The molecule has 0 fully saturated rings. The van der Waals surface area contributed by atoms with Crippen molar-refractivity contribution in [1.29, 1.82) is 0 Å². The monoisotopic (exact) mass is 279 g/mol. The van der Waals surface area contributed by atoms with Crippen LogP contribution in [-0.4, -0.2) is 27.5 Å². The Morgan fingerprint density at radius 2 is 2.00 bits per heavy atom. The summed E-state index contributed by atoms with van der Waals surface area (Å²) in [6.07, 6.45) is 0. The maximum atomic E-state index is 11.3. The summed E-state index contributed by atoms with van der Waals surface area (Å²) < 4.78 is 5.51. The molecule has 1 aromatic carbocycles. The van der Waals surface area contributed by atoms with Gasteiger partial charge in [-0.1, -0.05) is 29.5 Å². The van der Waals surface area contributed by atoms with Crippen molar-refractivity contribution >= 4 is 11.8 Å². The number of nitrogens with one attached hydrogen (secondary N) is 2. The molecule has 0 aliphatic rings. The van der Waals surface area contributed by atoms with Crippen molar-refractivity contribution in [3.63, 3.8) is 0 Å². The van der Waals surface area contributed by atoms with Gasteiger partial charge in [0.15, 0.2) is 5.03 Å². The lowest BCUT2D eigenvalue weighted by Gasteiger charge is -2.05. The third kappa shape index (κ3) is 3.99. The van der Waals surface area contributed by atoms with Crippen LogP contribution in [-0.2, 0) is 0 Å². The highest BCUT2D eigenvalue weighted by molar-refractivity contribution is 7.99. The van der Waals surface area contributed by atoms with Crippen molar-refractivity contribution < 1.29 is 4.74 Å². The van der Waals surface area contributed by atoms with E-state index in [9.17, 15) is 9.59 Å². The summed E-state index contributed by atoms with van der Waals surface area (Å²) in [5.41, 5.74) is 0.0834. The Bertz CT molecular complexity index is 648. The molecule has 2 aromatic rings. The Labute approximate surface area is 113 Å². The summed E-state index contributed by atoms with van der Waals surface area (Å²) in [6, 6.07) is 7.73. The number of H-pyrrole nitrogens is 2. The summed E-state index contributed by atoms with van der Waals surface area (Å²) >= 11 is 1.23. The van der Waals surface area contributed by atoms with E-state index < -0.39 is 11.2 Å². The predicted octanol–water partition coefficient (Wildman–Crippen LogP) is 0.938. The number of thioether (sulfide) groups is 1. The lowest BCUT2D eigenvalue weighted by molar-refractivity contribution is 0.344. The van der Waals surface area contributed by atoms with Crippen LogP contribution in [0.5, 0.6) is 5.75 Å². The van der Waals surface area contributed by atoms with Gasteiger partial charge in [0.25, 0.3) is 5.56 Å². The molecule has 0 saturated heterocycles. The minimum absolute atomic E-state index is 0.229. The molecule has 0 aliphatic heterocycles. The number of nitrogens with zero attached hydrogens (tertiary/aromatic N) is 1. The van der Waals surface area contributed by atoms with Crippen LogP contribution in [0.15, 0.2) is 38.9 Å². The lowest BCUT2D eigenvalue weighted by Crippen LogP contribution is -2.25. The molecule has 0 aliphatic carbocycles. The third-order valence-corrected chi connectivity index (χ3v) is 3.21. The second-order valence-corrected chi connectivity index (χ2v) is 4.91. The molecule has 0 atom stereocenters. The number of ether oxygens (including phenoxy) is 1. The van der Waals surface area contributed by atoms with Crippen molar-refractivity contribution in [2.75, 3.05) is 12.4 Å². The van der Waals surface area contributed by atoms with E-state index >= 15 is 0 Å². The average Bonchev–Trinajstić information content (AvgIpc) is 2.39.